The molecular weight excluding hydrogens is 318 g/mol. The van der Waals surface area contributed by atoms with Crippen LogP contribution in [0.3, 0.4) is 0 Å². The van der Waals surface area contributed by atoms with E-state index in [0.29, 0.717) is 23.1 Å². The number of nitrogens with two attached hydrogens (primary N) is 1. The Morgan fingerprint density at radius 3 is 2.85 bits per heavy atom. The van der Waals surface area contributed by atoms with Crippen molar-refractivity contribution in [3.8, 4) is 0 Å². The lowest BCUT2D eigenvalue weighted by molar-refractivity contribution is 0.748. The first-order chi connectivity index (χ1) is 9.63. The Balaban J connectivity index is 2.08. The van der Waals surface area contributed by atoms with E-state index >= 15 is 0 Å². The molecule has 0 aliphatic rings. The molecule has 3 rings (SSSR count). The molecule has 0 aliphatic heterocycles. The third-order valence-electron chi connectivity index (χ3n) is 3.09. The van der Waals surface area contributed by atoms with Crippen LogP contribution in [0.5, 0.6) is 0 Å². The van der Waals surface area contributed by atoms with Gasteiger partial charge in [-0.1, -0.05) is 28.1 Å². The van der Waals surface area contributed by atoms with Gasteiger partial charge in [-0.05, 0) is 35.9 Å². The molecule has 2 N–H and O–H groups in total. The minimum atomic E-state index is -0.0567. The number of hydrogen-bond donors (Lipinski definition) is 1. The van der Waals surface area contributed by atoms with Crippen LogP contribution in [-0.2, 0) is 6.54 Å². The first-order valence-corrected chi connectivity index (χ1v) is 6.92. The predicted octanol–water partition coefficient (Wildman–Crippen LogP) is 2.79. The molecule has 0 amide bonds. The van der Waals surface area contributed by atoms with Crippen molar-refractivity contribution in [2.45, 2.75) is 6.54 Å². The first-order valence-electron chi connectivity index (χ1n) is 6.12. The van der Waals surface area contributed by atoms with Gasteiger partial charge in [0.25, 0.3) is 5.56 Å². The largest absolute Gasteiger partial charge is 0.399 e. The maximum atomic E-state index is 12.4. The van der Waals surface area contributed by atoms with Crippen LogP contribution in [0.4, 0.5) is 5.69 Å². The molecule has 0 radical (unpaired) electrons. The number of aromatic nitrogens is 2. The Bertz CT molecular complexity index is 842. The number of hydrogen-bond acceptors (Lipinski definition) is 3. The molecule has 0 saturated heterocycles. The van der Waals surface area contributed by atoms with Gasteiger partial charge in [-0.15, -0.1) is 0 Å². The molecule has 0 fully saturated rings. The highest BCUT2D eigenvalue weighted by atomic mass is 79.9. The molecule has 1 heterocycles. The fraction of sp³-hybridized carbons (Fsp3) is 0.0667. The Kier molecular flexibility index (Phi) is 3.28. The van der Waals surface area contributed by atoms with Gasteiger partial charge in [0.05, 0.1) is 23.8 Å². The lowest BCUT2D eigenvalue weighted by Gasteiger charge is -2.07. The molecule has 20 heavy (non-hydrogen) atoms. The number of fused-ring (bicyclic) bond motifs is 1. The zero-order valence-electron chi connectivity index (χ0n) is 10.6. The number of nitrogen functional groups attached to an aromatic ring is 1. The van der Waals surface area contributed by atoms with E-state index in [1.54, 1.807) is 17.0 Å². The third-order valence-corrected chi connectivity index (χ3v) is 3.58. The highest BCUT2D eigenvalue weighted by Crippen LogP contribution is 2.15. The summed E-state index contributed by atoms with van der Waals surface area (Å²) in [7, 11) is 0. The summed E-state index contributed by atoms with van der Waals surface area (Å²) in [4.78, 5) is 16.8. The van der Waals surface area contributed by atoms with Gasteiger partial charge in [0, 0.05) is 10.2 Å². The molecule has 5 heteroatoms. The summed E-state index contributed by atoms with van der Waals surface area (Å²) in [5, 5.41) is 0.603. The van der Waals surface area contributed by atoms with Crippen LogP contribution in [0.25, 0.3) is 10.9 Å². The van der Waals surface area contributed by atoms with Crippen molar-refractivity contribution in [3.63, 3.8) is 0 Å². The zero-order chi connectivity index (χ0) is 14.1. The maximum absolute atomic E-state index is 12.4. The van der Waals surface area contributed by atoms with Crippen LogP contribution < -0.4 is 11.3 Å². The lowest BCUT2D eigenvalue weighted by Crippen LogP contribution is -2.21. The molecule has 1 aromatic heterocycles. The van der Waals surface area contributed by atoms with Gasteiger partial charge in [-0.25, -0.2) is 4.98 Å². The minimum Gasteiger partial charge on any atom is -0.399 e. The summed E-state index contributed by atoms with van der Waals surface area (Å²) in [6.07, 6.45) is 1.57. The van der Waals surface area contributed by atoms with Gasteiger partial charge in [-0.2, -0.15) is 0 Å². The summed E-state index contributed by atoms with van der Waals surface area (Å²) in [5.41, 5.74) is 8.05. The SMILES string of the molecule is Nc1cccc(Cn2cnc3ccc(Br)cc3c2=O)c1. The van der Waals surface area contributed by atoms with E-state index in [1.807, 2.05) is 36.4 Å². The minimum absolute atomic E-state index is 0.0567. The maximum Gasteiger partial charge on any atom is 0.261 e. The van der Waals surface area contributed by atoms with Crippen molar-refractivity contribution in [2.24, 2.45) is 0 Å². The second-order valence-corrected chi connectivity index (χ2v) is 5.50. The van der Waals surface area contributed by atoms with E-state index in [4.69, 9.17) is 5.73 Å². The Morgan fingerprint density at radius 1 is 1.20 bits per heavy atom. The second-order valence-electron chi connectivity index (χ2n) is 4.58. The van der Waals surface area contributed by atoms with Gasteiger partial charge in [0.1, 0.15) is 0 Å². The van der Waals surface area contributed by atoms with Crippen molar-refractivity contribution in [3.05, 3.63) is 69.2 Å². The number of nitrogens with zero attached hydrogens (tertiary/aromatic N) is 2. The number of anilines is 1. The van der Waals surface area contributed by atoms with E-state index in [9.17, 15) is 4.79 Å². The van der Waals surface area contributed by atoms with Crippen LogP contribution in [0, 0.1) is 0 Å². The van der Waals surface area contributed by atoms with Gasteiger partial charge in [0.2, 0.25) is 0 Å². The molecule has 0 saturated carbocycles. The summed E-state index contributed by atoms with van der Waals surface area (Å²) in [6.45, 7) is 0.458. The molecule has 0 unspecified atom stereocenters. The molecule has 3 aromatic rings. The van der Waals surface area contributed by atoms with Crippen LogP contribution in [-0.4, -0.2) is 9.55 Å². The molecule has 0 atom stereocenters. The standard InChI is InChI=1S/C15H12BrN3O/c16-11-4-5-14-13(7-11)15(20)19(9-18-14)8-10-2-1-3-12(17)6-10/h1-7,9H,8,17H2. The fourth-order valence-electron chi connectivity index (χ4n) is 2.13. The third kappa shape index (κ3) is 2.44. The van der Waals surface area contributed by atoms with Crippen molar-refractivity contribution in [1.29, 1.82) is 0 Å². The smallest absolute Gasteiger partial charge is 0.261 e. The van der Waals surface area contributed by atoms with Crippen molar-refractivity contribution < 1.29 is 0 Å². The second kappa shape index (κ2) is 5.09. The number of halogens is 1. The topological polar surface area (TPSA) is 60.9 Å². The first kappa shape index (κ1) is 12.9. The van der Waals surface area contributed by atoms with Crippen molar-refractivity contribution in [1.82, 2.24) is 9.55 Å². The van der Waals surface area contributed by atoms with Gasteiger partial charge < -0.3 is 5.73 Å². The molecule has 0 spiro atoms. The van der Waals surface area contributed by atoms with Crippen LogP contribution in [0.15, 0.2) is 58.1 Å². The van der Waals surface area contributed by atoms with E-state index in [2.05, 4.69) is 20.9 Å². The Hall–Kier alpha value is -2.14. The van der Waals surface area contributed by atoms with Crippen LogP contribution in [0.2, 0.25) is 0 Å². The average molecular weight is 330 g/mol. The van der Waals surface area contributed by atoms with E-state index in [0.717, 1.165) is 10.0 Å². The van der Waals surface area contributed by atoms with Crippen LogP contribution in [0.1, 0.15) is 5.56 Å². The lowest BCUT2D eigenvalue weighted by atomic mass is 10.2. The van der Waals surface area contributed by atoms with E-state index < -0.39 is 0 Å². The summed E-state index contributed by atoms with van der Waals surface area (Å²) < 4.78 is 2.45. The fourth-order valence-corrected chi connectivity index (χ4v) is 2.49. The van der Waals surface area contributed by atoms with Crippen LogP contribution >= 0.6 is 15.9 Å². The summed E-state index contributed by atoms with van der Waals surface area (Å²) in [6, 6.07) is 13.0. The summed E-state index contributed by atoms with van der Waals surface area (Å²) >= 11 is 3.38. The number of benzene rings is 2. The molecule has 0 aliphatic carbocycles. The molecule has 100 valence electrons. The average Bonchev–Trinajstić information content (AvgIpc) is 2.43. The number of rotatable bonds is 2. The predicted molar refractivity (Wildman–Crippen MR) is 83.7 cm³/mol. The van der Waals surface area contributed by atoms with Gasteiger partial charge >= 0.3 is 0 Å². The molecule has 2 aromatic carbocycles. The van der Waals surface area contributed by atoms with Gasteiger partial charge in [-0.3, -0.25) is 9.36 Å². The van der Waals surface area contributed by atoms with Gasteiger partial charge in [0.15, 0.2) is 0 Å². The van der Waals surface area contributed by atoms with E-state index in [1.165, 1.54) is 0 Å². The quantitative estimate of drug-likeness (QED) is 0.735. The Labute approximate surface area is 124 Å². The molecule has 0 bridgehead atoms. The summed E-state index contributed by atoms with van der Waals surface area (Å²) in [5.74, 6) is 0. The normalized spacial score (nSPS) is 10.8. The molecular formula is C15H12BrN3O. The Morgan fingerprint density at radius 2 is 2.05 bits per heavy atom. The van der Waals surface area contributed by atoms with Crippen molar-refractivity contribution in [2.75, 3.05) is 5.73 Å². The van der Waals surface area contributed by atoms with Crippen molar-refractivity contribution >= 4 is 32.5 Å². The van der Waals surface area contributed by atoms with E-state index in [-0.39, 0.29) is 5.56 Å². The highest BCUT2D eigenvalue weighted by Gasteiger charge is 2.05. The highest BCUT2D eigenvalue weighted by molar-refractivity contribution is 9.10. The molecule has 4 nitrogen and oxygen atoms in total. The monoisotopic (exact) mass is 329 g/mol. The zero-order valence-corrected chi connectivity index (χ0v) is 12.2.